The fourth-order valence-electron chi connectivity index (χ4n) is 1.54. The summed E-state index contributed by atoms with van der Waals surface area (Å²) in [6, 6.07) is 6.03. The van der Waals surface area contributed by atoms with E-state index in [0.29, 0.717) is 0 Å². The molecule has 2 rings (SSSR count). The van der Waals surface area contributed by atoms with E-state index in [4.69, 9.17) is 28.9 Å². The van der Waals surface area contributed by atoms with Crippen LogP contribution in [0.2, 0.25) is 10.0 Å². The monoisotopic (exact) mass is 316 g/mol. The number of anilines is 2. The predicted octanol–water partition coefficient (Wildman–Crippen LogP) is 4.11. The summed E-state index contributed by atoms with van der Waals surface area (Å²) in [7, 11) is 0. The van der Waals surface area contributed by atoms with E-state index in [1.807, 2.05) is 0 Å². The fourth-order valence-corrected chi connectivity index (χ4v) is 1.87. The second kappa shape index (κ2) is 5.64. The van der Waals surface area contributed by atoms with Gasteiger partial charge in [0.2, 0.25) is 0 Å². The largest absolute Gasteiger partial charge is 0.397 e. The Balaban J connectivity index is 2.31. The van der Waals surface area contributed by atoms with Crippen molar-refractivity contribution in [1.29, 1.82) is 0 Å². The molecule has 0 spiro atoms. The lowest BCUT2D eigenvalue weighted by Gasteiger charge is -2.09. The summed E-state index contributed by atoms with van der Waals surface area (Å²) < 4.78 is 26.5. The minimum atomic E-state index is -1.14. The van der Waals surface area contributed by atoms with Crippen LogP contribution in [0.25, 0.3) is 0 Å². The highest BCUT2D eigenvalue weighted by molar-refractivity contribution is 6.44. The number of nitrogen functional groups attached to an aromatic ring is 1. The number of carbonyl (C=O) groups is 1. The zero-order valence-electron chi connectivity index (χ0n) is 9.88. The van der Waals surface area contributed by atoms with E-state index in [9.17, 15) is 13.6 Å². The quantitative estimate of drug-likeness (QED) is 0.819. The van der Waals surface area contributed by atoms with Crippen LogP contribution in [0.4, 0.5) is 20.2 Å². The van der Waals surface area contributed by atoms with Gasteiger partial charge in [-0.3, -0.25) is 4.79 Å². The summed E-state index contributed by atoms with van der Waals surface area (Å²) in [5, 5.41) is 2.45. The Bertz CT molecular complexity index is 669. The smallest absolute Gasteiger partial charge is 0.255 e. The topological polar surface area (TPSA) is 55.1 Å². The SMILES string of the molecule is Nc1cc(C(=O)Nc2cccc(F)c2F)cc(Cl)c1Cl. The van der Waals surface area contributed by atoms with Gasteiger partial charge in [0.05, 0.1) is 21.4 Å². The van der Waals surface area contributed by atoms with Gasteiger partial charge in [-0.15, -0.1) is 0 Å². The Hall–Kier alpha value is -1.85. The van der Waals surface area contributed by atoms with E-state index in [1.165, 1.54) is 24.3 Å². The number of nitrogens with one attached hydrogen (secondary N) is 1. The number of hydrogen-bond donors (Lipinski definition) is 2. The van der Waals surface area contributed by atoms with Crippen LogP contribution in [0.1, 0.15) is 10.4 Å². The summed E-state index contributed by atoms with van der Waals surface area (Å²) in [5.41, 5.74) is 5.50. The molecule has 2 aromatic carbocycles. The first kappa shape index (κ1) is 14.6. The van der Waals surface area contributed by atoms with E-state index < -0.39 is 17.5 Å². The fraction of sp³-hybridized carbons (Fsp3) is 0. The van der Waals surface area contributed by atoms with Crippen molar-refractivity contribution < 1.29 is 13.6 Å². The second-order valence-corrected chi connectivity index (χ2v) is 4.70. The minimum Gasteiger partial charge on any atom is -0.397 e. The molecule has 0 saturated carbocycles. The summed E-state index contributed by atoms with van der Waals surface area (Å²) in [6.07, 6.45) is 0. The standard InChI is InChI=1S/C13H8Cl2F2N2O/c14-7-4-6(5-9(18)11(7)15)13(20)19-10-3-1-2-8(16)12(10)17/h1-5H,18H2,(H,19,20). The van der Waals surface area contributed by atoms with Gasteiger partial charge >= 0.3 is 0 Å². The zero-order valence-corrected chi connectivity index (χ0v) is 11.4. The van der Waals surface area contributed by atoms with Crippen LogP contribution in [0, 0.1) is 11.6 Å². The molecule has 0 atom stereocenters. The predicted molar refractivity (Wildman–Crippen MR) is 75.2 cm³/mol. The van der Waals surface area contributed by atoms with Crippen molar-refractivity contribution in [1.82, 2.24) is 0 Å². The maximum Gasteiger partial charge on any atom is 0.255 e. The van der Waals surface area contributed by atoms with Gasteiger partial charge in [0.1, 0.15) is 0 Å². The van der Waals surface area contributed by atoms with Crippen LogP contribution in [-0.4, -0.2) is 5.91 Å². The number of hydrogen-bond acceptors (Lipinski definition) is 2. The van der Waals surface area contributed by atoms with Crippen LogP contribution in [0.5, 0.6) is 0 Å². The van der Waals surface area contributed by atoms with Gasteiger partial charge in [-0.25, -0.2) is 8.78 Å². The summed E-state index contributed by atoms with van der Waals surface area (Å²) in [4.78, 5) is 11.9. The van der Waals surface area contributed by atoms with Crippen LogP contribution in [-0.2, 0) is 0 Å². The Morgan fingerprint density at radius 3 is 2.55 bits per heavy atom. The van der Waals surface area contributed by atoms with Crippen LogP contribution in [0.15, 0.2) is 30.3 Å². The third-order valence-corrected chi connectivity index (χ3v) is 3.33. The molecule has 0 aliphatic rings. The van der Waals surface area contributed by atoms with Gasteiger partial charge in [-0.2, -0.15) is 0 Å². The van der Waals surface area contributed by atoms with E-state index in [2.05, 4.69) is 5.32 Å². The summed E-state index contributed by atoms with van der Waals surface area (Å²) >= 11 is 11.6. The molecule has 20 heavy (non-hydrogen) atoms. The molecular formula is C13H8Cl2F2N2O. The molecule has 0 aliphatic carbocycles. The van der Waals surface area contributed by atoms with E-state index in [-0.39, 0.29) is 27.0 Å². The normalized spacial score (nSPS) is 10.4. The molecule has 0 aromatic heterocycles. The van der Waals surface area contributed by atoms with Crippen molar-refractivity contribution >= 4 is 40.5 Å². The molecule has 2 aromatic rings. The third-order valence-electron chi connectivity index (χ3n) is 2.52. The molecule has 0 fully saturated rings. The molecule has 0 radical (unpaired) electrons. The first-order valence-corrected chi connectivity index (χ1v) is 6.15. The molecule has 0 heterocycles. The van der Waals surface area contributed by atoms with Gasteiger partial charge in [-0.1, -0.05) is 29.3 Å². The molecule has 7 heteroatoms. The van der Waals surface area contributed by atoms with Crippen LogP contribution in [0.3, 0.4) is 0 Å². The minimum absolute atomic E-state index is 0.0839. The molecule has 0 saturated heterocycles. The van der Waals surface area contributed by atoms with Gasteiger partial charge in [0.15, 0.2) is 11.6 Å². The highest BCUT2D eigenvalue weighted by Crippen LogP contribution is 2.29. The molecule has 3 N–H and O–H groups in total. The van der Waals surface area contributed by atoms with Crippen molar-refractivity contribution in [3.63, 3.8) is 0 Å². The Morgan fingerprint density at radius 1 is 1.20 bits per heavy atom. The maximum absolute atomic E-state index is 13.4. The number of nitrogens with two attached hydrogens (primary N) is 1. The van der Waals surface area contributed by atoms with Crippen molar-refractivity contribution in [3.05, 3.63) is 57.6 Å². The average Bonchev–Trinajstić information content (AvgIpc) is 2.40. The average molecular weight is 317 g/mol. The molecular weight excluding hydrogens is 309 g/mol. The molecule has 3 nitrogen and oxygen atoms in total. The van der Waals surface area contributed by atoms with Gasteiger partial charge in [-0.05, 0) is 24.3 Å². The molecule has 0 aliphatic heterocycles. The summed E-state index contributed by atoms with van der Waals surface area (Å²) in [5.74, 6) is -2.88. The van der Waals surface area contributed by atoms with E-state index in [0.717, 1.165) is 6.07 Å². The molecule has 1 amide bonds. The summed E-state index contributed by atoms with van der Waals surface area (Å²) in [6.45, 7) is 0. The Kier molecular flexibility index (Phi) is 4.11. The number of amides is 1. The maximum atomic E-state index is 13.4. The Labute approximate surface area is 123 Å². The van der Waals surface area contributed by atoms with Crippen LogP contribution < -0.4 is 11.1 Å². The van der Waals surface area contributed by atoms with E-state index in [1.54, 1.807) is 0 Å². The van der Waals surface area contributed by atoms with Crippen molar-refractivity contribution in [2.45, 2.75) is 0 Å². The number of rotatable bonds is 2. The Morgan fingerprint density at radius 2 is 1.90 bits per heavy atom. The van der Waals surface area contributed by atoms with Crippen LogP contribution >= 0.6 is 23.2 Å². The highest BCUT2D eigenvalue weighted by atomic mass is 35.5. The second-order valence-electron chi connectivity index (χ2n) is 3.92. The third kappa shape index (κ3) is 2.84. The van der Waals surface area contributed by atoms with Gasteiger partial charge in [0, 0.05) is 5.56 Å². The molecule has 0 bridgehead atoms. The first-order chi connectivity index (χ1) is 9.40. The van der Waals surface area contributed by atoms with Crippen molar-refractivity contribution in [3.8, 4) is 0 Å². The number of halogens is 4. The van der Waals surface area contributed by atoms with E-state index >= 15 is 0 Å². The zero-order chi connectivity index (χ0) is 14.9. The molecule has 104 valence electrons. The highest BCUT2D eigenvalue weighted by Gasteiger charge is 2.14. The lowest BCUT2D eigenvalue weighted by molar-refractivity contribution is 0.102. The first-order valence-electron chi connectivity index (χ1n) is 5.40. The van der Waals surface area contributed by atoms with Crippen molar-refractivity contribution in [2.75, 3.05) is 11.1 Å². The van der Waals surface area contributed by atoms with Crippen molar-refractivity contribution in [2.24, 2.45) is 0 Å². The van der Waals surface area contributed by atoms with Gasteiger partial charge < -0.3 is 11.1 Å². The number of carbonyl (C=O) groups excluding carboxylic acids is 1. The number of benzene rings is 2. The van der Waals surface area contributed by atoms with Gasteiger partial charge in [0.25, 0.3) is 5.91 Å². The lowest BCUT2D eigenvalue weighted by atomic mass is 10.2. The lowest BCUT2D eigenvalue weighted by Crippen LogP contribution is -2.14. The molecule has 0 unspecified atom stereocenters.